The van der Waals surface area contributed by atoms with E-state index in [-0.39, 0.29) is 17.1 Å². The van der Waals surface area contributed by atoms with Crippen molar-refractivity contribution in [2.24, 2.45) is 9.98 Å². The van der Waals surface area contributed by atoms with Crippen molar-refractivity contribution in [3.8, 4) is 0 Å². The molecule has 0 bridgehead atoms. The van der Waals surface area contributed by atoms with E-state index in [0.29, 0.717) is 0 Å². The van der Waals surface area contributed by atoms with Crippen molar-refractivity contribution < 1.29 is 17.1 Å². The standard InChI is InChI=1S/2C9H13N2.Mn/c2*1-3-6-10-8(2)9-5-4-7-11-9;/h2*4-5,7H,3,6H2,1-2H3;/q2*-1;+2. The average Bonchev–Trinajstić information content (AvgIpc) is 3.23. The zero-order valence-electron chi connectivity index (χ0n) is 14.5. The third-order valence-electron chi connectivity index (χ3n) is 2.99. The van der Waals surface area contributed by atoms with Crippen LogP contribution in [0.25, 0.3) is 0 Å². The molecule has 2 aromatic heterocycles. The van der Waals surface area contributed by atoms with Crippen LogP contribution >= 0.6 is 0 Å². The van der Waals surface area contributed by atoms with Crippen molar-refractivity contribution >= 4 is 11.4 Å². The fraction of sp³-hybridized carbons (Fsp3) is 0.444. The second-order valence-corrected chi connectivity index (χ2v) is 4.98. The molecule has 0 aliphatic heterocycles. The molecule has 0 unspecified atom stereocenters. The van der Waals surface area contributed by atoms with Crippen LogP contribution in [-0.4, -0.2) is 24.5 Å². The van der Waals surface area contributed by atoms with E-state index < -0.39 is 0 Å². The summed E-state index contributed by atoms with van der Waals surface area (Å²) in [7, 11) is 0. The van der Waals surface area contributed by atoms with Crippen LogP contribution in [0.15, 0.2) is 46.6 Å². The molecule has 23 heavy (non-hydrogen) atoms. The molecule has 0 saturated heterocycles. The minimum absolute atomic E-state index is 0. The molecule has 0 spiro atoms. The van der Waals surface area contributed by atoms with Gasteiger partial charge in [-0.15, -0.1) is 11.4 Å². The summed E-state index contributed by atoms with van der Waals surface area (Å²) in [5.74, 6) is 0. The molecule has 2 aromatic rings. The Balaban J connectivity index is 0.000000403. The molecule has 0 amide bonds. The van der Waals surface area contributed by atoms with Crippen LogP contribution in [0.5, 0.6) is 0 Å². The summed E-state index contributed by atoms with van der Waals surface area (Å²) >= 11 is 0. The Morgan fingerprint density at radius 3 is 1.48 bits per heavy atom. The molecule has 4 nitrogen and oxygen atoms in total. The third-order valence-corrected chi connectivity index (χ3v) is 2.99. The molecular weight excluding hydrogens is 327 g/mol. The number of aliphatic imine (C=N–C) groups is 2. The second kappa shape index (κ2) is 12.9. The summed E-state index contributed by atoms with van der Waals surface area (Å²) in [6, 6.07) is 7.82. The van der Waals surface area contributed by atoms with Crippen LogP contribution in [0.4, 0.5) is 0 Å². The number of rotatable bonds is 6. The Bertz CT molecular complexity index is 502. The summed E-state index contributed by atoms with van der Waals surface area (Å²) in [6.45, 7) is 10.0. The van der Waals surface area contributed by atoms with Crippen molar-refractivity contribution in [3.63, 3.8) is 0 Å². The van der Waals surface area contributed by atoms with Gasteiger partial charge in [-0.2, -0.15) is 12.4 Å². The monoisotopic (exact) mass is 353 g/mol. The van der Waals surface area contributed by atoms with E-state index in [4.69, 9.17) is 0 Å². The van der Waals surface area contributed by atoms with Crippen molar-refractivity contribution in [3.05, 3.63) is 48.0 Å². The van der Waals surface area contributed by atoms with E-state index in [2.05, 4.69) is 33.8 Å². The second-order valence-electron chi connectivity index (χ2n) is 4.98. The molecule has 2 rings (SSSR count). The molecule has 0 aliphatic carbocycles. The van der Waals surface area contributed by atoms with Gasteiger partial charge >= 0.3 is 17.1 Å². The SMILES string of the molecule is CCCN=C(C)c1ccc[n-]1.CCCN=C(C)c1ccc[n-]1.[Mn+2]. The quantitative estimate of drug-likeness (QED) is 0.587. The number of hydrogen-bond donors (Lipinski definition) is 0. The molecule has 0 fully saturated rings. The largest absolute Gasteiger partial charge is 2.00 e. The summed E-state index contributed by atoms with van der Waals surface area (Å²) in [4.78, 5) is 17.0. The first kappa shape index (κ1) is 21.4. The molecule has 0 N–H and O–H groups in total. The van der Waals surface area contributed by atoms with Crippen LogP contribution in [0.2, 0.25) is 0 Å². The van der Waals surface area contributed by atoms with Crippen LogP contribution in [-0.2, 0) is 17.1 Å². The van der Waals surface area contributed by atoms with Gasteiger partial charge < -0.3 is 9.97 Å². The normalized spacial score (nSPS) is 11.5. The minimum atomic E-state index is 0. The smallest absolute Gasteiger partial charge is 0.663 e. The summed E-state index contributed by atoms with van der Waals surface area (Å²) in [5, 5.41) is 0. The molecule has 5 heteroatoms. The summed E-state index contributed by atoms with van der Waals surface area (Å²) in [6.07, 6.45) is 5.77. The molecule has 2 heterocycles. The number of aromatic nitrogens is 2. The summed E-state index contributed by atoms with van der Waals surface area (Å²) in [5.41, 5.74) is 4.07. The average molecular weight is 353 g/mol. The first-order chi connectivity index (χ1) is 10.7. The van der Waals surface area contributed by atoms with E-state index in [1.807, 2.05) is 38.1 Å². The van der Waals surface area contributed by atoms with E-state index in [1.165, 1.54) is 0 Å². The van der Waals surface area contributed by atoms with E-state index >= 15 is 0 Å². The van der Waals surface area contributed by atoms with E-state index in [1.54, 1.807) is 12.4 Å². The molecule has 0 aliphatic rings. The van der Waals surface area contributed by atoms with Crippen molar-refractivity contribution in [2.75, 3.05) is 13.1 Å². The topological polar surface area (TPSA) is 52.9 Å². The molecule has 1 radical (unpaired) electrons. The van der Waals surface area contributed by atoms with Gasteiger partial charge in [-0.25, -0.2) is 0 Å². The minimum Gasteiger partial charge on any atom is -0.663 e. The van der Waals surface area contributed by atoms with Crippen molar-refractivity contribution in [1.29, 1.82) is 0 Å². The maximum absolute atomic E-state index is 4.34. The van der Waals surface area contributed by atoms with Crippen LogP contribution in [0.1, 0.15) is 51.9 Å². The zero-order valence-corrected chi connectivity index (χ0v) is 15.6. The fourth-order valence-electron chi connectivity index (χ4n) is 1.75. The molecule has 0 aromatic carbocycles. The van der Waals surface area contributed by atoms with Gasteiger partial charge in [0.2, 0.25) is 0 Å². The first-order valence-corrected chi connectivity index (χ1v) is 7.87. The first-order valence-electron chi connectivity index (χ1n) is 7.87. The van der Waals surface area contributed by atoms with Gasteiger partial charge in [0.1, 0.15) is 0 Å². The molecular formula is C18H26MnN4. The van der Waals surface area contributed by atoms with E-state index in [9.17, 15) is 0 Å². The summed E-state index contributed by atoms with van der Waals surface area (Å²) < 4.78 is 0. The molecule has 0 saturated carbocycles. The van der Waals surface area contributed by atoms with Crippen LogP contribution < -0.4 is 9.97 Å². The molecule has 0 atom stereocenters. The Morgan fingerprint density at radius 1 is 0.826 bits per heavy atom. The predicted molar refractivity (Wildman–Crippen MR) is 94.3 cm³/mol. The Kier molecular flexibility index (Phi) is 12.0. The zero-order chi connectivity index (χ0) is 16.2. The van der Waals surface area contributed by atoms with Crippen molar-refractivity contribution in [1.82, 2.24) is 9.97 Å². The van der Waals surface area contributed by atoms with Gasteiger partial charge in [-0.1, -0.05) is 38.1 Å². The Hall–Kier alpha value is -1.58. The predicted octanol–water partition coefficient (Wildman–Crippen LogP) is 3.72. The van der Waals surface area contributed by atoms with Gasteiger partial charge in [0, 0.05) is 24.5 Å². The Labute approximate surface area is 150 Å². The fourth-order valence-corrected chi connectivity index (χ4v) is 1.75. The van der Waals surface area contributed by atoms with Gasteiger partial charge in [0.05, 0.1) is 0 Å². The van der Waals surface area contributed by atoms with Gasteiger partial charge in [0.25, 0.3) is 0 Å². The maximum atomic E-state index is 4.34. The molecule has 125 valence electrons. The Morgan fingerprint density at radius 2 is 1.22 bits per heavy atom. The van der Waals surface area contributed by atoms with Crippen molar-refractivity contribution in [2.45, 2.75) is 40.5 Å². The maximum Gasteiger partial charge on any atom is 2.00 e. The van der Waals surface area contributed by atoms with Gasteiger partial charge in [-0.05, 0) is 26.7 Å². The number of hydrogen-bond acceptors (Lipinski definition) is 2. The third kappa shape index (κ3) is 8.58. The van der Waals surface area contributed by atoms with Gasteiger partial charge in [0.15, 0.2) is 0 Å². The van der Waals surface area contributed by atoms with E-state index in [0.717, 1.165) is 48.7 Å². The van der Waals surface area contributed by atoms with Gasteiger partial charge in [-0.3, -0.25) is 9.98 Å². The van der Waals surface area contributed by atoms with Crippen LogP contribution in [0, 0.1) is 0 Å². The number of nitrogens with zero attached hydrogens (tertiary/aromatic N) is 4. The van der Waals surface area contributed by atoms with Crippen LogP contribution in [0.3, 0.4) is 0 Å².